The first-order chi connectivity index (χ1) is 15.5. The Labute approximate surface area is 196 Å². The third kappa shape index (κ3) is 4.63. The van der Waals surface area contributed by atoms with Crippen LogP contribution in [0.25, 0.3) is 11.4 Å². The highest BCUT2D eigenvalue weighted by molar-refractivity contribution is 7.99. The number of thioether (sulfide) groups is 1. The predicted molar refractivity (Wildman–Crippen MR) is 129 cm³/mol. The van der Waals surface area contributed by atoms with Crippen LogP contribution in [0.5, 0.6) is 11.5 Å². The summed E-state index contributed by atoms with van der Waals surface area (Å²) in [6.45, 7) is 5.15. The van der Waals surface area contributed by atoms with Crippen LogP contribution < -0.4 is 14.8 Å². The minimum atomic E-state index is -0.143. The number of carbonyl (C=O) groups is 1. The van der Waals surface area contributed by atoms with Gasteiger partial charge in [0.2, 0.25) is 5.91 Å². The van der Waals surface area contributed by atoms with Crippen LogP contribution >= 0.6 is 23.1 Å². The van der Waals surface area contributed by atoms with E-state index in [4.69, 9.17) is 9.47 Å². The summed E-state index contributed by atoms with van der Waals surface area (Å²) < 4.78 is 12.7. The largest absolute Gasteiger partial charge is 0.497 e. The summed E-state index contributed by atoms with van der Waals surface area (Å²) in [5.74, 6) is 2.95. The number of rotatable bonds is 8. The average Bonchev–Trinajstić information content (AvgIpc) is 3.40. The number of nitrogens with one attached hydrogen (secondary N) is 1. The van der Waals surface area contributed by atoms with Crippen molar-refractivity contribution in [2.45, 2.75) is 44.8 Å². The molecule has 1 atom stereocenters. The average molecular weight is 473 g/mol. The van der Waals surface area contributed by atoms with E-state index in [0.717, 1.165) is 36.3 Å². The van der Waals surface area contributed by atoms with Gasteiger partial charge in [-0.1, -0.05) is 18.7 Å². The molecule has 0 aliphatic heterocycles. The van der Waals surface area contributed by atoms with Crippen LogP contribution in [0.4, 0.5) is 5.69 Å². The lowest BCUT2D eigenvalue weighted by atomic mass is 9.88. The van der Waals surface area contributed by atoms with Gasteiger partial charge in [-0.2, -0.15) is 0 Å². The minimum Gasteiger partial charge on any atom is -0.497 e. The Bertz CT molecular complexity index is 1110. The van der Waals surface area contributed by atoms with Crippen molar-refractivity contribution in [1.29, 1.82) is 0 Å². The number of amides is 1. The maximum absolute atomic E-state index is 12.6. The number of fused-ring (bicyclic) bond motifs is 1. The molecule has 3 aromatic rings. The third-order valence-electron chi connectivity index (χ3n) is 5.69. The standard InChI is InChI=1S/C23H28N4O3S2/c1-5-27-22(17-12-31-20-10-14(2)6-8-16(17)20)25-26-23(27)32-13-21(28)24-18-11-15(29-3)7-9-19(18)30-4/h7,9,11-12,14H,5-6,8,10,13H2,1-4H3,(H,24,28). The van der Waals surface area contributed by atoms with Crippen LogP contribution in [-0.2, 0) is 24.2 Å². The van der Waals surface area contributed by atoms with Gasteiger partial charge in [0.1, 0.15) is 11.5 Å². The Hall–Kier alpha value is -2.52. The van der Waals surface area contributed by atoms with Gasteiger partial charge in [-0.3, -0.25) is 4.79 Å². The van der Waals surface area contributed by atoms with E-state index in [2.05, 4.69) is 39.3 Å². The predicted octanol–water partition coefficient (Wildman–Crippen LogP) is 4.90. The van der Waals surface area contributed by atoms with Crippen molar-refractivity contribution in [3.8, 4) is 22.9 Å². The fourth-order valence-electron chi connectivity index (χ4n) is 3.97. The lowest BCUT2D eigenvalue weighted by Crippen LogP contribution is -2.15. The highest BCUT2D eigenvalue weighted by atomic mass is 32.2. The number of thiophene rings is 1. The van der Waals surface area contributed by atoms with E-state index in [1.807, 2.05) is 11.3 Å². The molecule has 170 valence electrons. The monoisotopic (exact) mass is 472 g/mol. The Morgan fingerprint density at radius 1 is 1.31 bits per heavy atom. The van der Waals surface area contributed by atoms with Gasteiger partial charge in [-0.15, -0.1) is 21.5 Å². The van der Waals surface area contributed by atoms with Gasteiger partial charge in [-0.05, 0) is 49.8 Å². The fraction of sp³-hybridized carbons (Fsp3) is 0.435. The van der Waals surface area contributed by atoms with Gasteiger partial charge in [0.05, 0.1) is 25.7 Å². The third-order valence-corrected chi connectivity index (χ3v) is 7.71. The molecule has 4 rings (SSSR count). The zero-order chi connectivity index (χ0) is 22.7. The topological polar surface area (TPSA) is 78.3 Å². The fourth-order valence-corrected chi connectivity index (χ4v) is 6.02. The summed E-state index contributed by atoms with van der Waals surface area (Å²) in [6, 6.07) is 5.30. The normalized spacial score (nSPS) is 15.3. The van der Waals surface area contributed by atoms with Crippen molar-refractivity contribution in [1.82, 2.24) is 14.8 Å². The van der Waals surface area contributed by atoms with E-state index in [0.29, 0.717) is 17.2 Å². The van der Waals surface area contributed by atoms with Crippen molar-refractivity contribution in [2.24, 2.45) is 5.92 Å². The van der Waals surface area contributed by atoms with Crippen molar-refractivity contribution in [2.75, 3.05) is 25.3 Å². The van der Waals surface area contributed by atoms with Crippen LogP contribution in [-0.4, -0.2) is 40.6 Å². The number of benzene rings is 1. The second kappa shape index (κ2) is 9.95. The number of hydrogen-bond donors (Lipinski definition) is 1. The van der Waals surface area contributed by atoms with Crippen LogP contribution in [0, 0.1) is 5.92 Å². The van der Waals surface area contributed by atoms with Gasteiger partial charge >= 0.3 is 0 Å². The molecule has 1 amide bonds. The molecule has 2 aromatic heterocycles. The van der Waals surface area contributed by atoms with E-state index < -0.39 is 0 Å². The molecule has 0 bridgehead atoms. The molecular formula is C23H28N4O3S2. The molecule has 1 aromatic carbocycles. The van der Waals surface area contributed by atoms with Crippen LogP contribution in [0.15, 0.2) is 28.7 Å². The molecule has 0 saturated heterocycles. The van der Waals surface area contributed by atoms with E-state index in [1.165, 1.54) is 34.2 Å². The zero-order valence-electron chi connectivity index (χ0n) is 18.8. The number of methoxy groups -OCH3 is 2. The Morgan fingerprint density at radius 3 is 2.91 bits per heavy atom. The molecule has 0 fully saturated rings. The van der Waals surface area contributed by atoms with Gasteiger partial charge in [-0.25, -0.2) is 0 Å². The van der Waals surface area contributed by atoms with Gasteiger partial charge < -0.3 is 19.4 Å². The minimum absolute atomic E-state index is 0.143. The summed E-state index contributed by atoms with van der Waals surface area (Å²) >= 11 is 3.22. The van der Waals surface area contributed by atoms with E-state index in [9.17, 15) is 4.79 Å². The Kier molecular flexibility index (Phi) is 7.05. The second-order valence-corrected chi connectivity index (χ2v) is 9.76. The molecule has 1 aliphatic rings. The van der Waals surface area contributed by atoms with Crippen molar-refractivity contribution < 1.29 is 14.3 Å². The summed E-state index contributed by atoms with van der Waals surface area (Å²) in [5, 5.41) is 14.8. The number of hydrogen-bond acceptors (Lipinski definition) is 7. The second-order valence-electron chi connectivity index (χ2n) is 7.85. The molecule has 9 heteroatoms. The molecule has 2 heterocycles. The van der Waals surface area contributed by atoms with Crippen molar-refractivity contribution in [3.05, 3.63) is 34.0 Å². The lowest BCUT2D eigenvalue weighted by molar-refractivity contribution is -0.113. The first-order valence-electron chi connectivity index (χ1n) is 10.7. The van der Waals surface area contributed by atoms with Gasteiger partial charge in [0.15, 0.2) is 11.0 Å². The number of anilines is 1. The SMILES string of the molecule is CCn1c(SCC(=O)Nc2cc(OC)ccc2OC)nnc1-c1csc2c1CCC(C)C2. The molecule has 32 heavy (non-hydrogen) atoms. The molecule has 1 unspecified atom stereocenters. The summed E-state index contributed by atoms with van der Waals surface area (Å²) in [7, 11) is 3.16. The van der Waals surface area contributed by atoms with Crippen molar-refractivity contribution in [3.63, 3.8) is 0 Å². The van der Waals surface area contributed by atoms with E-state index in [-0.39, 0.29) is 11.7 Å². The van der Waals surface area contributed by atoms with Gasteiger partial charge in [0.25, 0.3) is 0 Å². The number of carbonyl (C=O) groups excluding carboxylic acids is 1. The Balaban J connectivity index is 1.47. The molecular weight excluding hydrogens is 444 g/mol. The zero-order valence-corrected chi connectivity index (χ0v) is 20.4. The van der Waals surface area contributed by atoms with E-state index >= 15 is 0 Å². The molecule has 0 saturated carbocycles. The van der Waals surface area contributed by atoms with Crippen LogP contribution in [0.3, 0.4) is 0 Å². The highest BCUT2D eigenvalue weighted by Gasteiger charge is 2.24. The smallest absolute Gasteiger partial charge is 0.234 e. The summed E-state index contributed by atoms with van der Waals surface area (Å²) in [6.07, 6.45) is 3.46. The van der Waals surface area contributed by atoms with Crippen molar-refractivity contribution >= 4 is 34.7 Å². The maximum atomic E-state index is 12.6. The van der Waals surface area contributed by atoms with Gasteiger partial charge in [0, 0.05) is 28.4 Å². The van der Waals surface area contributed by atoms with E-state index in [1.54, 1.807) is 32.4 Å². The molecule has 7 nitrogen and oxygen atoms in total. The molecule has 1 aliphatic carbocycles. The first kappa shape index (κ1) is 22.7. The summed E-state index contributed by atoms with van der Waals surface area (Å²) in [5.41, 5.74) is 3.20. The summed E-state index contributed by atoms with van der Waals surface area (Å²) in [4.78, 5) is 14.1. The van der Waals surface area contributed by atoms with Crippen LogP contribution in [0.2, 0.25) is 0 Å². The number of nitrogens with zero attached hydrogens (tertiary/aromatic N) is 3. The lowest BCUT2D eigenvalue weighted by Gasteiger charge is -2.19. The number of aromatic nitrogens is 3. The number of ether oxygens (including phenoxy) is 2. The first-order valence-corrected chi connectivity index (χ1v) is 12.6. The molecule has 0 spiro atoms. The highest BCUT2D eigenvalue weighted by Crippen LogP contribution is 2.38. The molecule has 1 N–H and O–H groups in total. The van der Waals surface area contributed by atoms with Crippen LogP contribution in [0.1, 0.15) is 30.7 Å². The quantitative estimate of drug-likeness (QED) is 0.470. The molecule has 0 radical (unpaired) electrons. The maximum Gasteiger partial charge on any atom is 0.234 e. The Morgan fingerprint density at radius 2 is 2.16 bits per heavy atom.